The molecule has 2 fully saturated rings. The van der Waals surface area contributed by atoms with E-state index >= 15 is 0 Å². The maximum Gasteiger partial charge on any atom is 0.267 e. The Morgan fingerprint density at radius 2 is 2.13 bits per heavy atom. The first kappa shape index (κ1) is 20.5. The summed E-state index contributed by atoms with van der Waals surface area (Å²) in [5.41, 5.74) is 5.33. The van der Waals surface area contributed by atoms with Crippen LogP contribution >= 0.6 is 11.3 Å². The predicted molar refractivity (Wildman–Crippen MR) is 110 cm³/mol. The van der Waals surface area contributed by atoms with E-state index < -0.39 is 5.41 Å². The number of aryl methyl sites for hydroxylation is 1. The Kier molecular flexibility index (Phi) is 5.31. The highest BCUT2D eigenvalue weighted by atomic mass is 32.1. The second kappa shape index (κ2) is 7.78. The van der Waals surface area contributed by atoms with Crippen LogP contribution in [0.5, 0.6) is 0 Å². The van der Waals surface area contributed by atoms with Gasteiger partial charge >= 0.3 is 0 Å². The van der Waals surface area contributed by atoms with Gasteiger partial charge in [-0.05, 0) is 38.7 Å². The molecule has 2 aliphatic heterocycles. The average molecular weight is 432 g/mol. The van der Waals surface area contributed by atoms with Gasteiger partial charge in [0.2, 0.25) is 16.9 Å². The maximum atomic E-state index is 13.2. The van der Waals surface area contributed by atoms with E-state index in [0.29, 0.717) is 28.7 Å². The van der Waals surface area contributed by atoms with Gasteiger partial charge in [0, 0.05) is 18.2 Å². The SMILES string of the molecule is CC[C@]1(C(=O)NCc2nnc(N)s2)C[C@H]2CC[C@@H]1N2C(=O)Cn1nc(C)ccc1=O. The Balaban J connectivity index is 1.50. The van der Waals surface area contributed by atoms with E-state index in [9.17, 15) is 14.4 Å². The number of hydrogen-bond donors (Lipinski definition) is 2. The fraction of sp³-hybridized carbons (Fsp3) is 0.579. The van der Waals surface area contributed by atoms with Gasteiger partial charge in [-0.2, -0.15) is 5.10 Å². The average Bonchev–Trinajstić information content (AvgIpc) is 3.42. The van der Waals surface area contributed by atoms with E-state index in [1.165, 1.54) is 22.1 Å². The monoisotopic (exact) mass is 431 g/mol. The summed E-state index contributed by atoms with van der Waals surface area (Å²) in [7, 11) is 0. The number of carbonyl (C=O) groups is 2. The summed E-state index contributed by atoms with van der Waals surface area (Å²) < 4.78 is 1.20. The lowest BCUT2D eigenvalue weighted by Crippen LogP contribution is -2.50. The van der Waals surface area contributed by atoms with Crippen molar-refractivity contribution in [2.75, 3.05) is 5.73 Å². The Labute approximate surface area is 177 Å². The molecule has 0 aromatic carbocycles. The Hall–Kier alpha value is -2.82. The molecule has 3 atom stereocenters. The molecule has 0 radical (unpaired) electrons. The van der Waals surface area contributed by atoms with Gasteiger partial charge in [-0.1, -0.05) is 18.3 Å². The zero-order valence-electron chi connectivity index (χ0n) is 17.0. The van der Waals surface area contributed by atoms with Crippen LogP contribution in [-0.2, 0) is 22.7 Å². The smallest absolute Gasteiger partial charge is 0.267 e. The molecule has 2 saturated heterocycles. The van der Waals surface area contributed by atoms with E-state index in [4.69, 9.17) is 5.73 Å². The lowest BCUT2D eigenvalue weighted by Gasteiger charge is -2.35. The summed E-state index contributed by atoms with van der Waals surface area (Å²) in [5.74, 6) is -0.239. The molecule has 0 unspecified atom stereocenters. The quantitative estimate of drug-likeness (QED) is 0.678. The second-order valence-electron chi connectivity index (χ2n) is 7.95. The number of nitrogen functional groups attached to an aromatic ring is 1. The van der Waals surface area contributed by atoms with Crippen LogP contribution in [0.1, 0.15) is 43.3 Å². The van der Waals surface area contributed by atoms with Gasteiger partial charge in [-0.25, -0.2) is 4.68 Å². The van der Waals surface area contributed by atoms with Crippen molar-refractivity contribution in [3.8, 4) is 0 Å². The summed E-state index contributed by atoms with van der Waals surface area (Å²) in [6.07, 6.45) is 2.90. The van der Waals surface area contributed by atoms with Crippen molar-refractivity contribution in [3.05, 3.63) is 33.2 Å². The number of anilines is 1. The van der Waals surface area contributed by atoms with Crippen LogP contribution in [0.15, 0.2) is 16.9 Å². The molecule has 0 saturated carbocycles. The van der Waals surface area contributed by atoms with E-state index in [2.05, 4.69) is 20.6 Å². The lowest BCUT2D eigenvalue weighted by atomic mass is 9.71. The molecule has 0 aliphatic carbocycles. The van der Waals surface area contributed by atoms with E-state index in [-0.39, 0.29) is 42.5 Å². The standard InChI is InChI=1S/C19H25N7O3S/c1-3-19(17(29)21-9-14-22-23-18(20)30-14)8-12-5-6-13(19)26(12)16(28)10-25-15(27)7-4-11(2)24-25/h4,7,12-13H,3,5-6,8-10H2,1-2H3,(H2,20,23)(H,21,29)/t12-,13+,19+/m1/s1. The van der Waals surface area contributed by atoms with Crippen LogP contribution < -0.4 is 16.6 Å². The first-order valence-electron chi connectivity index (χ1n) is 10.1. The molecule has 10 nitrogen and oxygen atoms in total. The summed E-state index contributed by atoms with van der Waals surface area (Å²) in [6.45, 7) is 3.92. The minimum Gasteiger partial charge on any atom is -0.374 e. The molecule has 3 N–H and O–H groups in total. The summed E-state index contributed by atoms with van der Waals surface area (Å²) >= 11 is 1.24. The van der Waals surface area contributed by atoms with Gasteiger partial charge in [0.05, 0.1) is 17.7 Å². The molecule has 2 aromatic heterocycles. The molecule has 11 heteroatoms. The molecular formula is C19H25N7O3S. The van der Waals surface area contributed by atoms with Crippen molar-refractivity contribution in [2.45, 2.75) is 64.7 Å². The Bertz CT molecular complexity index is 1040. The highest BCUT2D eigenvalue weighted by Crippen LogP contribution is 2.52. The first-order valence-corrected chi connectivity index (χ1v) is 10.9. The number of carbonyl (C=O) groups excluding carboxylic acids is 2. The third-order valence-corrected chi connectivity index (χ3v) is 7.03. The molecular weight excluding hydrogens is 406 g/mol. The van der Waals surface area contributed by atoms with Crippen molar-refractivity contribution in [1.29, 1.82) is 0 Å². The topological polar surface area (TPSA) is 136 Å². The number of fused-ring (bicyclic) bond motifs is 2. The zero-order chi connectivity index (χ0) is 21.5. The van der Waals surface area contributed by atoms with Crippen LogP contribution in [-0.4, -0.2) is 48.8 Å². The van der Waals surface area contributed by atoms with E-state index in [1.54, 1.807) is 13.0 Å². The number of amides is 2. The van der Waals surface area contributed by atoms with Crippen LogP contribution in [0.4, 0.5) is 5.13 Å². The normalized spacial score (nSPS) is 24.9. The van der Waals surface area contributed by atoms with E-state index in [1.807, 2.05) is 11.8 Å². The van der Waals surface area contributed by atoms with Crippen molar-refractivity contribution >= 4 is 28.3 Å². The molecule has 2 aliphatic rings. The van der Waals surface area contributed by atoms with Crippen molar-refractivity contribution < 1.29 is 9.59 Å². The van der Waals surface area contributed by atoms with Gasteiger partial charge in [-0.3, -0.25) is 14.4 Å². The van der Waals surface area contributed by atoms with Crippen molar-refractivity contribution in [1.82, 2.24) is 30.2 Å². The van der Waals surface area contributed by atoms with Crippen LogP contribution in [0.2, 0.25) is 0 Å². The summed E-state index contributed by atoms with van der Waals surface area (Å²) in [4.78, 5) is 40.2. The van der Waals surface area contributed by atoms with Crippen LogP contribution in [0.25, 0.3) is 0 Å². The number of aromatic nitrogens is 4. The fourth-order valence-electron chi connectivity index (χ4n) is 4.89. The third-order valence-electron chi connectivity index (χ3n) is 6.28. The fourth-order valence-corrected chi connectivity index (χ4v) is 5.44. The van der Waals surface area contributed by atoms with E-state index in [0.717, 1.165) is 12.8 Å². The lowest BCUT2D eigenvalue weighted by molar-refractivity contribution is -0.137. The number of nitrogens with one attached hydrogen (secondary N) is 1. The number of nitrogens with two attached hydrogens (primary N) is 1. The summed E-state index contributed by atoms with van der Waals surface area (Å²) in [5, 5.41) is 15.8. The predicted octanol–water partition coefficient (Wildman–Crippen LogP) is 0.462. The van der Waals surface area contributed by atoms with Gasteiger partial charge < -0.3 is 16.0 Å². The molecule has 2 aromatic rings. The minimum absolute atomic E-state index is 0.00545. The zero-order valence-corrected chi connectivity index (χ0v) is 17.8. The molecule has 0 spiro atoms. The molecule has 160 valence electrons. The number of nitrogens with zero attached hydrogens (tertiary/aromatic N) is 5. The Morgan fingerprint density at radius 1 is 1.33 bits per heavy atom. The summed E-state index contributed by atoms with van der Waals surface area (Å²) in [6, 6.07) is 2.87. The number of rotatable bonds is 6. The highest BCUT2D eigenvalue weighted by molar-refractivity contribution is 7.15. The third kappa shape index (κ3) is 3.47. The maximum absolute atomic E-state index is 13.2. The van der Waals surface area contributed by atoms with Gasteiger partial charge in [-0.15, -0.1) is 10.2 Å². The minimum atomic E-state index is -0.639. The largest absolute Gasteiger partial charge is 0.374 e. The highest BCUT2D eigenvalue weighted by Gasteiger charge is 2.60. The van der Waals surface area contributed by atoms with Gasteiger partial charge in [0.25, 0.3) is 5.56 Å². The van der Waals surface area contributed by atoms with Crippen molar-refractivity contribution in [2.24, 2.45) is 5.41 Å². The molecule has 2 amide bonds. The molecule has 2 bridgehead atoms. The van der Waals surface area contributed by atoms with Gasteiger partial charge in [0.1, 0.15) is 11.6 Å². The van der Waals surface area contributed by atoms with Gasteiger partial charge in [0.15, 0.2) is 0 Å². The second-order valence-corrected chi connectivity index (χ2v) is 9.04. The molecule has 4 heterocycles. The van der Waals surface area contributed by atoms with Crippen LogP contribution in [0, 0.1) is 12.3 Å². The number of hydrogen-bond acceptors (Lipinski definition) is 8. The first-order chi connectivity index (χ1) is 14.3. The molecule has 4 rings (SSSR count). The molecule has 30 heavy (non-hydrogen) atoms. The van der Waals surface area contributed by atoms with Crippen molar-refractivity contribution in [3.63, 3.8) is 0 Å². The Morgan fingerprint density at radius 3 is 2.83 bits per heavy atom. The van der Waals surface area contributed by atoms with Crippen LogP contribution in [0.3, 0.4) is 0 Å².